The van der Waals surface area contributed by atoms with Crippen LogP contribution in [0.2, 0.25) is 0 Å². The maximum Gasteiger partial charge on any atom is 0.193 e. The lowest BCUT2D eigenvalue weighted by Crippen LogP contribution is -2.15. The molecule has 0 amide bonds. The molecule has 0 aliphatic heterocycles. The molecule has 3 aromatic rings. The number of carbonyl (C=O) groups is 1. The van der Waals surface area contributed by atoms with Crippen LogP contribution >= 0.6 is 0 Å². The summed E-state index contributed by atoms with van der Waals surface area (Å²) in [5.74, 6) is 0.119. The van der Waals surface area contributed by atoms with Gasteiger partial charge in [0.05, 0.1) is 5.69 Å². The zero-order valence-electron chi connectivity index (χ0n) is 10.8. The van der Waals surface area contributed by atoms with Crippen molar-refractivity contribution in [1.82, 2.24) is 9.78 Å². The number of ketones is 1. The molecule has 0 radical (unpaired) electrons. The molecule has 1 aliphatic carbocycles. The van der Waals surface area contributed by atoms with Crippen LogP contribution in [0.25, 0.3) is 5.69 Å². The Kier molecular flexibility index (Phi) is 2.33. The first kappa shape index (κ1) is 11.2. The smallest absolute Gasteiger partial charge is 0.193 e. The highest BCUT2D eigenvalue weighted by molar-refractivity contribution is 6.12. The van der Waals surface area contributed by atoms with E-state index in [2.05, 4.69) is 11.2 Å². The topological polar surface area (TPSA) is 34.9 Å². The second-order valence-corrected chi connectivity index (χ2v) is 4.96. The van der Waals surface area contributed by atoms with Gasteiger partial charge in [-0.25, -0.2) is 4.68 Å². The van der Waals surface area contributed by atoms with Gasteiger partial charge >= 0.3 is 0 Å². The second kappa shape index (κ2) is 4.17. The zero-order valence-corrected chi connectivity index (χ0v) is 10.8. The molecule has 0 unspecified atom stereocenters. The van der Waals surface area contributed by atoms with Crippen LogP contribution in [0.4, 0.5) is 0 Å². The molecule has 0 spiro atoms. The molecule has 20 heavy (non-hydrogen) atoms. The van der Waals surface area contributed by atoms with Crippen LogP contribution in [-0.2, 0) is 6.42 Å². The van der Waals surface area contributed by atoms with Crippen LogP contribution in [0.3, 0.4) is 0 Å². The Bertz CT molecular complexity index is 804. The minimum Gasteiger partial charge on any atom is -0.289 e. The molecule has 0 saturated carbocycles. The molecule has 0 bridgehead atoms. The molecule has 0 N–H and O–H groups in total. The lowest BCUT2D eigenvalue weighted by molar-refractivity contribution is 0.103. The number of carbonyl (C=O) groups excluding carboxylic acids is 1. The molecule has 4 rings (SSSR count). The fraction of sp³-hybridized carbons (Fsp3) is 0.0588. The highest BCUT2D eigenvalue weighted by atomic mass is 16.1. The van der Waals surface area contributed by atoms with E-state index in [4.69, 9.17) is 0 Å². The van der Waals surface area contributed by atoms with Crippen molar-refractivity contribution in [2.75, 3.05) is 0 Å². The first-order valence-electron chi connectivity index (χ1n) is 6.58. The summed E-state index contributed by atoms with van der Waals surface area (Å²) < 4.78 is 1.81. The number of hydrogen-bond donors (Lipinski definition) is 0. The van der Waals surface area contributed by atoms with Crippen LogP contribution in [0.1, 0.15) is 27.0 Å². The Morgan fingerprint density at radius 2 is 1.80 bits per heavy atom. The number of rotatable bonds is 1. The first-order chi connectivity index (χ1) is 9.83. The van der Waals surface area contributed by atoms with Crippen molar-refractivity contribution >= 4 is 5.78 Å². The molecule has 0 saturated heterocycles. The van der Waals surface area contributed by atoms with Crippen molar-refractivity contribution in [2.24, 2.45) is 0 Å². The third-order valence-electron chi connectivity index (χ3n) is 3.75. The number of fused-ring (bicyclic) bond motifs is 2. The van der Waals surface area contributed by atoms with Crippen molar-refractivity contribution in [3.8, 4) is 5.69 Å². The summed E-state index contributed by atoms with van der Waals surface area (Å²) in [6.07, 6.45) is 4.45. The molecular weight excluding hydrogens is 248 g/mol. The zero-order chi connectivity index (χ0) is 13.5. The van der Waals surface area contributed by atoms with Gasteiger partial charge in [-0.3, -0.25) is 4.79 Å². The van der Waals surface area contributed by atoms with Gasteiger partial charge in [0.2, 0.25) is 0 Å². The van der Waals surface area contributed by atoms with Gasteiger partial charge in [-0.1, -0.05) is 24.3 Å². The van der Waals surface area contributed by atoms with Crippen molar-refractivity contribution in [2.45, 2.75) is 6.42 Å². The predicted molar refractivity (Wildman–Crippen MR) is 76.2 cm³/mol. The molecule has 1 heterocycles. The average molecular weight is 260 g/mol. The normalized spacial score (nSPS) is 12.9. The number of benzene rings is 2. The molecule has 3 heteroatoms. The van der Waals surface area contributed by atoms with E-state index in [0.717, 1.165) is 34.4 Å². The van der Waals surface area contributed by atoms with Gasteiger partial charge in [0.25, 0.3) is 0 Å². The highest BCUT2D eigenvalue weighted by Gasteiger charge is 2.22. The lowest BCUT2D eigenvalue weighted by atomic mass is 9.85. The maximum atomic E-state index is 12.5. The summed E-state index contributed by atoms with van der Waals surface area (Å²) >= 11 is 0. The standard InChI is InChI=1S/C17H12N2O/c20-17-15-5-2-1-4-12(15)10-13-11-14(6-7-16(13)17)19-9-3-8-18-19/h1-9,11H,10H2. The summed E-state index contributed by atoms with van der Waals surface area (Å²) in [4.78, 5) is 12.5. The van der Waals surface area contributed by atoms with E-state index in [1.807, 2.05) is 53.3 Å². The molecule has 0 fully saturated rings. The third-order valence-corrected chi connectivity index (χ3v) is 3.75. The quantitative estimate of drug-likeness (QED) is 0.527. The van der Waals surface area contributed by atoms with Crippen LogP contribution in [0, 0.1) is 0 Å². The molecule has 3 nitrogen and oxygen atoms in total. The first-order valence-corrected chi connectivity index (χ1v) is 6.58. The van der Waals surface area contributed by atoms with E-state index in [0.29, 0.717) is 0 Å². The Morgan fingerprint density at radius 1 is 0.950 bits per heavy atom. The largest absolute Gasteiger partial charge is 0.289 e. The Hall–Kier alpha value is -2.68. The van der Waals surface area contributed by atoms with Crippen LogP contribution < -0.4 is 0 Å². The van der Waals surface area contributed by atoms with Gasteiger partial charge in [0.15, 0.2) is 5.78 Å². The average Bonchev–Trinajstić information content (AvgIpc) is 3.01. The van der Waals surface area contributed by atoms with Gasteiger partial charge in [-0.2, -0.15) is 5.10 Å². The fourth-order valence-corrected chi connectivity index (χ4v) is 2.76. The highest BCUT2D eigenvalue weighted by Crippen LogP contribution is 2.28. The molecule has 96 valence electrons. The SMILES string of the molecule is O=C1c2ccccc2Cc2cc(-n3cccn3)ccc21. The van der Waals surface area contributed by atoms with E-state index in [1.54, 1.807) is 6.20 Å². The van der Waals surface area contributed by atoms with Crippen LogP contribution in [0.5, 0.6) is 0 Å². The Morgan fingerprint density at radius 3 is 2.65 bits per heavy atom. The van der Waals surface area contributed by atoms with Gasteiger partial charge in [0.1, 0.15) is 0 Å². The summed E-state index contributed by atoms with van der Waals surface area (Å²) in [6, 6.07) is 15.6. The van der Waals surface area contributed by atoms with E-state index >= 15 is 0 Å². The summed E-state index contributed by atoms with van der Waals surface area (Å²) in [5.41, 5.74) is 4.79. The second-order valence-electron chi connectivity index (χ2n) is 4.96. The molecule has 1 aromatic heterocycles. The lowest BCUT2D eigenvalue weighted by Gasteiger charge is -2.19. The van der Waals surface area contributed by atoms with E-state index in [9.17, 15) is 4.79 Å². The monoisotopic (exact) mass is 260 g/mol. The van der Waals surface area contributed by atoms with Crippen LogP contribution in [-0.4, -0.2) is 15.6 Å². The number of nitrogens with zero attached hydrogens (tertiary/aromatic N) is 2. The van der Waals surface area contributed by atoms with E-state index < -0.39 is 0 Å². The molecule has 1 aliphatic rings. The fourth-order valence-electron chi connectivity index (χ4n) is 2.76. The third kappa shape index (κ3) is 1.60. The minimum absolute atomic E-state index is 0.119. The summed E-state index contributed by atoms with van der Waals surface area (Å²) in [6.45, 7) is 0. The van der Waals surface area contributed by atoms with Gasteiger partial charge in [-0.05, 0) is 41.8 Å². The Balaban J connectivity index is 1.85. The van der Waals surface area contributed by atoms with Gasteiger partial charge in [0, 0.05) is 23.5 Å². The van der Waals surface area contributed by atoms with Crippen molar-refractivity contribution < 1.29 is 4.79 Å². The predicted octanol–water partition coefficient (Wildman–Crippen LogP) is 3.01. The van der Waals surface area contributed by atoms with Crippen molar-refractivity contribution in [1.29, 1.82) is 0 Å². The van der Waals surface area contributed by atoms with Gasteiger partial charge in [-0.15, -0.1) is 0 Å². The number of aromatic nitrogens is 2. The molecular formula is C17H12N2O. The Labute approximate surface area is 116 Å². The van der Waals surface area contributed by atoms with Gasteiger partial charge < -0.3 is 0 Å². The van der Waals surface area contributed by atoms with E-state index in [1.165, 1.54) is 0 Å². The minimum atomic E-state index is 0.119. The summed E-state index contributed by atoms with van der Waals surface area (Å²) in [5, 5.41) is 4.23. The van der Waals surface area contributed by atoms with E-state index in [-0.39, 0.29) is 5.78 Å². The van der Waals surface area contributed by atoms with Crippen molar-refractivity contribution in [3.63, 3.8) is 0 Å². The number of hydrogen-bond acceptors (Lipinski definition) is 2. The maximum absolute atomic E-state index is 12.5. The van der Waals surface area contributed by atoms with Crippen LogP contribution in [0.15, 0.2) is 60.9 Å². The van der Waals surface area contributed by atoms with Crippen molar-refractivity contribution in [3.05, 3.63) is 83.2 Å². The molecule has 0 atom stereocenters. The summed E-state index contributed by atoms with van der Waals surface area (Å²) in [7, 11) is 0. The molecule has 2 aromatic carbocycles.